The van der Waals surface area contributed by atoms with Crippen LogP contribution < -0.4 is 10.2 Å². The van der Waals surface area contributed by atoms with E-state index in [2.05, 4.69) is 29.3 Å². The molecular weight excluding hydrogens is 312 g/mol. The molecule has 0 spiro atoms. The molecule has 0 saturated carbocycles. The Morgan fingerprint density at radius 3 is 2.64 bits per heavy atom. The molecule has 1 saturated heterocycles. The summed E-state index contributed by atoms with van der Waals surface area (Å²) >= 11 is 0. The number of anilines is 2. The fourth-order valence-corrected chi connectivity index (χ4v) is 3.06. The van der Waals surface area contributed by atoms with Gasteiger partial charge in [0.2, 0.25) is 5.95 Å². The van der Waals surface area contributed by atoms with E-state index in [4.69, 9.17) is 14.7 Å². The highest BCUT2D eigenvalue weighted by molar-refractivity contribution is 5.64. The van der Waals surface area contributed by atoms with E-state index in [-0.39, 0.29) is 0 Å². The second kappa shape index (κ2) is 8.81. The smallest absolute Gasteiger partial charge is 0.227 e. The number of hydrogen-bond acceptors (Lipinski definition) is 5. The molecule has 1 N–H and O–H groups in total. The molecule has 1 aliphatic rings. The highest BCUT2D eigenvalue weighted by Gasteiger charge is 2.19. The molecule has 3 rings (SSSR count). The van der Waals surface area contributed by atoms with Gasteiger partial charge in [-0.05, 0) is 25.2 Å². The summed E-state index contributed by atoms with van der Waals surface area (Å²) in [5.41, 5.74) is 2.09. The molecule has 1 aromatic carbocycles. The molecule has 0 bridgehead atoms. The Balaban J connectivity index is 1.83. The third-order valence-corrected chi connectivity index (χ3v) is 4.68. The van der Waals surface area contributed by atoms with Crippen molar-refractivity contribution in [1.82, 2.24) is 9.97 Å². The second-order valence-corrected chi connectivity index (χ2v) is 6.75. The van der Waals surface area contributed by atoms with Gasteiger partial charge in [0.05, 0.1) is 5.69 Å². The monoisotopic (exact) mass is 340 g/mol. The fourth-order valence-electron chi connectivity index (χ4n) is 3.06. The molecule has 5 nitrogen and oxygen atoms in total. The lowest BCUT2D eigenvalue weighted by Gasteiger charge is -2.30. The van der Waals surface area contributed by atoms with E-state index >= 15 is 0 Å². The number of nitrogens with one attached hydrogen (secondary N) is 1. The van der Waals surface area contributed by atoms with Crippen LogP contribution >= 0.6 is 0 Å². The summed E-state index contributed by atoms with van der Waals surface area (Å²) in [6.07, 6.45) is 3.36. The molecule has 1 aliphatic heterocycles. The number of nitrogens with zero attached hydrogens (tertiary/aromatic N) is 3. The van der Waals surface area contributed by atoms with Crippen LogP contribution in [0.25, 0.3) is 11.3 Å². The predicted molar refractivity (Wildman–Crippen MR) is 103 cm³/mol. The molecule has 0 aliphatic carbocycles. The SMILES string of the molecule is COCCCNc1cc(-c2ccccc2)nc(N2CCC(C)CC2)n1. The maximum atomic E-state index is 5.12. The first-order valence-corrected chi connectivity index (χ1v) is 9.18. The van der Waals surface area contributed by atoms with Crippen LogP contribution in [0, 0.1) is 5.92 Å². The molecule has 0 radical (unpaired) electrons. The van der Waals surface area contributed by atoms with E-state index in [0.717, 1.165) is 61.6 Å². The van der Waals surface area contributed by atoms with Gasteiger partial charge in [-0.25, -0.2) is 4.98 Å². The third-order valence-electron chi connectivity index (χ3n) is 4.68. The minimum absolute atomic E-state index is 0.750. The van der Waals surface area contributed by atoms with Gasteiger partial charge in [-0.2, -0.15) is 4.98 Å². The highest BCUT2D eigenvalue weighted by Crippen LogP contribution is 2.25. The van der Waals surface area contributed by atoms with Crippen LogP contribution in [0.4, 0.5) is 11.8 Å². The van der Waals surface area contributed by atoms with Crippen LogP contribution in [0.3, 0.4) is 0 Å². The summed E-state index contributed by atoms with van der Waals surface area (Å²) in [6, 6.07) is 12.4. The van der Waals surface area contributed by atoms with Crippen molar-refractivity contribution in [3.63, 3.8) is 0 Å². The molecule has 2 heterocycles. The van der Waals surface area contributed by atoms with E-state index in [9.17, 15) is 0 Å². The number of piperidine rings is 1. The van der Waals surface area contributed by atoms with Gasteiger partial charge in [-0.3, -0.25) is 0 Å². The Kier molecular flexibility index (Phi) is 6.23. The lowest BCUT2D eigenvalue weighted by Crippen LogP contribution is -2.34. The maximum absolute atomic E-state index is 5.12. The van der Waals surface area contributed by atoms with Gasteiger partial charge in [0.15, 0.2) is 0 Å². The van der Waals surface area contributed by atoms with Crippen molar-refractivity contribution in [2.45, 2.75) is 26.2 Å². The van der Waals surface area contributed by atoms with E-state index in [1.807, 2.05) is 24.3 Å². The predicted octanol–water partition coefficient (Wildman–Crippen LogP) is 3.83. The van der Waals surface area contributed by atoms with Gasteiger partial charge >= 0.3 is 0 Å². The topological polar surface area (TPSA) is 50.3 Å². The number of benzene rings is 1. The zero-order valence-electron chi connectivity index (χ0n) is 15.2. The number of rotatable bonds is 7. The molecule has 0 amide bonds. The first kappa shape index (κ1) is 17.7. The van der Waals surface area contributed by atoms with Crippen molar-refractivity contribution in [1.29, 1.82) is 0 Å². The number of aromatic nitrogens is 2. The van der Waals surface area contributed by atoms with Crippen molar-refractivity contribution < 1.29 is 4.74 Å². The molecule has 5 heteroatoms. The van der Waals surface area contributed by atoms with Crippen molar-refractivity contribution in [3.8, 4) is 11.3 Å². The van der Waals surface area contributed by atoms with Gasteiger partial charge in [0.1, 0.15) is 5.82 Å². The quantitative estimate of drug-likeness (QED) is 0.776. The van der Waals surface area contributed by atoms with Gasteiger partial charge in [0, 0.05) is 45.0 Å². The Morgan fingerprint density at radius 2 is 1.92 bits per heavy atom. The van der Waals surface area contributed by atoms with Crippen molar-refractivity contribution >= 4 is 11.8 Å². The summed E-state index contributed by atoms with van der Waals surface area (Å²) in [4.78, 5) is 11.9. The van der Waals surface area contributed by atoms with Crippen LogP contribution in [0.15, 0.2) is 36.4 Å². The Bertz CT molecular complexity index is 654. The van der Waals surface area contributed by atoms with Gasteiger partial charge < -0.3 is 15.0 Å². The summed E-state index contributed by atoms with van der Waals surface area (Å²) in [6.45, 7) is 5.97. The van der Waals surface area contributed by atoms with Crippen LogP contribution in [0.1, 0.15) is 26.2 Å². The second-order valence-electron chi connectivity index (χ2n) is 6.75. The van der Waals surface area contributed by atoms with E-state index < -0.39 is 0 Å². The van der Waals surface area contributed by atoms with Crippen molar-refractivity contribution in [2.75, 3.05) is 43.6 Å². The molecule has 2 aromatic rings. The van der Waals surface area contributed by atoms with Gasteiger partial charge in [-0.15, -0.1) is 0 Å². The zero-order chi connectivity index (χ0) is 17.5. The minimum Gasteiger partial charge on any atom is -0.385 e. The van der Waals surface area contributed by atoms with Gasteiger partial charge in [-0.1, -0.05) is 37.3 Å². The molecule has 1 fully saturated rings. The normalized spacial score (nSPS) is 15.4. The number of methoxy groups -OCH3 is 1. The number of hydrogen-bond donors (Lipinski definition) is 1. The van der Waals surface area contributed by atoms with Crippen LogP contribution in [0.2, 0.25) is 0 Å². The van der Waals surface area contributed by atoms with E-state index in [1.54, 1.807) is 7.11 Å². The van der Waals surface area contributed by atoms with E-state index in [1.165, 1.54) is 12.8 Å². The number of ether oxygens (including phenoxy) is 1. The minimum atomic E-state index is 0.750. The summed E-state index contributed by atoms with van der Waals surface area (Å²) < 4.78 is 5.12. The Hall–Kier alpha value is -2.14. The molecule has 25 heavy (non-hydrogen) atoms. The molecule has 134 valence electrons. The third kappa shape index (κ3) is 4.92. The average Bonchev–Trinajstić information content (AvgIpc) is 2.66. The summed E-state index contributed by atoms with van der Waals surface area (Å²) in [5, 5.41) is 3.42. The lowest BCUT2D eigenvalue weighted by atomic mass is 10.00. The average molecular weight is 340 g/mol. The van der Waals surface area contributed by atoms with Gasteiger partial charge in [0.25, 0.3) is 0 Å². The van der Waals surface area contributed by atoms with Crippen LogP contribution in [-0.2, 0) is 4.74 Å². The molecule has 0 unspecified atom stereocenters. The lowest BCUT2D eigenvalue weighted by molar-refractivity contribution is 0.198. The largest absolute Gasteiger partial charge is 0.385 e. The van der Waals surface area contributed by atoms with Crippen LogP contribution in [0.5, 0.6) is 0 Å². The van der Waals surface area contributed by atoms with Crippen LogP contribution in [-0.4, -0.2) is 43.3 Å². The standard InChI is InChI=1S/C20H28N4O/c1-16-9-12-24(13-10-16)20-22-18(17-7-4-3-5-8-17)15-19(23-20)21-11-6-14-25-2/h3-5,7-8,15-16H,6,9-14H2,1-2H3,(H,21,22,23). The highest BCUT2D eigenvalue weighted by atomic mass is 16.5. The maximum Gasteiger partial charge on any atom is 0.227 e. The fraction of sp³-hybridized carbons (Fsp3) is 0.500. The molecular formula is C20H28N4O. The first-order valence-electron chi connectivity index (χ1n) is 9.18. The summed E-state index contributed by atoms with van der Waals surface area (Å²) in [5.74, 6) is 2.52. The Morgan fingerprint density at radius 1 is 1.16 bits per heavy atom. The van der Waals surface area contributed by atoms with Crippen molar-refractivity contribution in [2.24, 2.45) is 5.92 Å². The zero-order valence-corrected chi connectivity index (χ0v) is 15.2. The van der Waals surface area contributed by atoms with Crippen molar-refractivity contribution in [3.05, 3.63) is 36.4 Å². The molecule has 0 atom stereocenters. The first-order chi connectivity index (χ1) is 12.3. The van der Waals surface area contributed by atoms with E-state index in [0.29, 0.717) is 0 Å². The molecule has 1 aromatic heterocycles. The Labute approximate surface area is 150 Å². The summed E-state index contributed by atoms with van der Waals surface area (Å²) in [7, 11) is 1.73.